The summed E-state index contributed by atoms with van der Waals surface area (Å²) in [4.78, 5) is 14.5. The third-order valence-electron chi connectivity index (χ3n) is 3.35. The number of thiophene rings is 1. The third kappa shape index (κ3) is 3.31. The van der Waals surface area contributed by atoms with Crippen LogP contribution in [0.5, 0.6) is 0 Å². The number of fused-ring (bicyclic) bond motifs is 1. The number of hydrogen-bond donors (Lipinski definition) is 1. The number of aryl methyl sites for hydroxylation is 2. The van der Waals surface area contributed by atoms with Crippen LogP contribution < -0.4 is 5.32 Å². The molecule has 0 unspecified atom stereocenters. The first-order chi connectivity index (χ1) is 10.0. The average Bonchev–Trinajstić information content (AvgIpc) is 2.88. The molecule has 1 amide bonds. The largest absolute Gasteiger partial charge is 0.320 e. The Morgan fingerprint density at radius 3 is 2.95 bits per heavy atom. The lowest BCUT2D eigenvalue weighted by molar-refractivity contribution is 0.103. The van der Waals surface area contributed by atoms with Gasteiger partial charge >= 0.3 is 0 Å². The number of benzene rings is 1. The molecule has 0 spiro atoms. The summed E-state index contributed by atoms with van der Waals surface area (Å²) in [5.41, 5.74) is 2.99. The summed E-state index contributed by atoms with van der Waals surface area (Å²) in [6, 6.07) is 5.71. The van der Waals surface area contributed by atoms with Crippen LogP contribution in [-0.4, -0.2) is 11.7 Å². The van der Waals surface area contributed by atoms with E-state index in [1.165, 1.54) is 10.4 Å². The number of thioether (sulfide) groups is 1. The minimum atomic E-state index is -0.0694. The smallest absolute Gasteiger partial charge is 0.265 e. The van der Waals surface area contributed by atoms with Crippen LogP contribution in [0.25, 0.3) is 0 Å². The van der Waals surface area contributed by atoms with E-state index in [9.17, 15) is 4.79 Å². The second kappa shape index (κ2) is 6.32. The highest BCUT2D eigenvalue weighted by Gasteiger charge is 2.18. The van der Waals surface area contributed by atoms with Crippen molar-refractivity contribution in [2.75, 3.05) is 11.1 Å². The molecular formula is C15H13BrClNOS2. The van der Waals surface area contributed by atoms with Crippen LogP contribution in [0.2, 0.25) is 5.02 Å². The normalized spacial score (nSPS) is 13.9. The Morgan fingerprint density at radius 2 is 2.19 bits per heavy atom. The quantitative estimate of drug-likeness (QED) is 0.717. The minimum absolute atomic E-state index is 0.0694. The van der Waals surface area contributed by atoms with Gasteiger partial charge in [-0.25, -0.2) is 0 Å². The predicted octanol–water partition coefficient (Wildman–Crippen LogP) is 5.51. The third-order valence-corrected chi connectivity index (χ3v) is 6.66. The van der Waals surface area contributed by atoms with Crippen molar-refractivity contribution in [2.45, 2.75) is 19.1 Å². The zero-order valence-corrected chi connectivity index (χ0v) is 15.3. The van der Waals surface area contributed by atoms with Crippen molar-refractivity contribution in [3.63, 3.8) is 0 Å². The molecule has 1 N–H and O–H groups in total. The number of hydrogen-bond acceptors (Lipinski definition) is 3. The first kappa shape index (κ1) is 15.4. The molecule has 2 nitrogen and oxygen atoms in total. The lowest BCUT2D eigenvalue weighted by Crippen LogP contribution is -2.10. The molecular weight excluding hydrogens is 390 g/mol. The van der Waals surface area contributed by atoms with Gasteiger partial charge < -0.3 is 5.32 Å². The number of carbonyl (C=O) groups is 1. The van der Waals surface area contributed by atoms with Gasteiger partial charge in [-0.05, 0) is 64.4 Å². The van der Waals surface area contributed by atoms with Crippen LogP contribution in [0.1, 0.15) is 25.7 Å². The summed E-state index contributed by atoms with van der Waals surface area (Å²) < 4.78 is 0.842. The average molecular weight is 403 g/mol. The lowest BCUT2D eigenvalue weighted by Gasteiger charge is -2.08. The maximum Gasteiger partial charge on any atom is 0.265 e. The Hall–Kier alpha value is -0.490. The fourth-order valence-electron chi connectivity index (χ4n) is 2.19. The summed E-state index contributed by atoms with van der Waals surface area (Å²) in [7, 11) is 0. The summed E-state index contributed by atoms with van der Waals surface area (Å²) in [6.07, 6.45) is 1.07. The van der Waals surface area contributed by atoms with Gasteiger partial charge in [0.15, 0.2) is 0 Å². The molecule has 0 saturated heterocycles. The van der Waals surface area contributed by atoms with Crippen molar-refractivity contribution >= 4 is 62.2 Å². The zero-order chi connectivity index (χ0) is 15.0. The van der Waals surface area contributed by atoms with E-state index in [4.69, 9.17) is 11.6 Å². The van der Waals surface area contributed by atoms with Gasteiger partial charge in [0.2, 0.25) is 0 Å². The molecule has 0 saturated carbocycles. The van der Waals surface area contributed by atoms with Crippen LogP contribution in [-0.2, 0) is 12.2 Å². The highest BCUT2D eigenvalue weighted by Crippen LogP contribution is 2.33. The highest BCUT2D eigenvalue weighted by molar-refractivity contribution is 9.10. The van der Waals surface area contributed by atoms with E-state index in [-0.39, 0.29) is 5.91 Å². The molecule has 3 rings (SSSR count). The Balaban J connectivity index is 1.83. The molecule has 0 fully saturated rings. The standard InChI is InChI=1S/C15H13BrClNOS2/c1-8-4-10(16)12(6-11(8)17)18-15(19)14-5-9-7-20-3-2-13(9)21-14/h4-6H,2-3,7H2,1H3,(H,18,19). The Bertz CT molecular complexity index is 690. The summed E-state index contributed by atoms with van der Waals surface area (Å²) in [5, 5.41) is 3.59. The van der Waals surface area contributed by atoms with Crippen molar-refractivity contribution in [1.82, 2.24) is 0 Å². The van der Waals surface area contributed by atoms with Gasteiger partial charge in [0.25, 0.3) is 5.91 Å². The molecule has 1 aliphatic heterocycles. The number of halogens is 2. The topological polar surface area (TPSA) is 29.1 Å². The van der Waals surface area contributed by atoms with Crippen LogP contribution in [0.3, 0.4) is 0 Å². The Labute approximate surface area is 145 Å². The molecule has 0 atom stereocenters. The van der Waals surface area contributed by atoms with E-state index in [2.05, 4.69) is 21.2 Å². The highest BCUT2D eigenvalue weighted by atomic mass is 79.9. The molecule has 0 bridgehead atoms. The molecule has 1 aliphatic rings. The van der Waals surface area contributed by atoms with Crippen molar-refractivity contribution < 1.29 is 4.79 Å². The van der Waals surface area contributed by atoms with Crippen molar-refractivity contribution in [3.8, 4) is 0 Å². The second-order valence-electron chi connectivity index (χ2n) is 4.90. The molecule has 110 valence electrons. The fraction of sp³-hybridized carbons (Fsp3) is 0.267. The molecule has 2 heterocycles. The summed E-state index contributed by atoms with van der Waals surface area (Å²) in [6.45, 7) is 1.93. The minimum Gasteiger partial charge on any atom is -0.320 e. The van der Waals surface area contributed by atoms with Gasteiger partial charge in [0, 0.05) is 20.1 Å². The van der Waals surface area contributed by atoms with Crippen molar-refractivity contribution in [2.24, 2.45) is 0 Å². The molecule has 21 heavy (non-hydrogen) atoms. The van der Waals surface area contributed by atoms with E-state index < -0.39 is 0 Å². The van der Waals surface area contributed by atoms with Gasteiger partial charge in [-0.1, -0.05) is 11.6 Å². The number of rotatable bonds is 2. The number of amides is 1. The maximum absolute atomic E-state index is 12.4. The molecule has 1 aromatic heterocycles. The van der Waals surface area contributed by atoms with E-state index in [1.54, 1.807) is 17.4 Å². The molecule has 0 aliphatic carbocycles. The van der Waals surface area contributed by atoms with Gasteiger partial charge in [-0.2, -0.15) is 11.8 Å². The van der Waals surface area contributed by atoms with E-state index in [0.29, 0.717) is 10.7 Å². The summed E-state index contributed by atoms with van der Waals surface area (Å²) >= 11 is 13.1. The summed E-state index contributed by atoms with van der Waals surface area (Å²) in [5.74, 6) is 2.09. The number of nitrogens with one attached hydrogen (secondary N) is 1. The van der Waals surface area contributed by atoms with E-state index >= 15 is 0 Å². The van der Waals surface area contributed by atoms with Crippen molar-refractivity contribution in [3.05, 3.63) is 48.6 Å². The zero-order valence-electron chi connectivity index (χ0n) is 11.3. The predicted molar refractivity (Wildman–Crippen MR) is 96.0 cm³/mol. The van der Waals surface area contributed by atoms with Crippen LogP contribution in [0, 0.1) is 6.92 Å². The SMILES string of the molecule is Cc1cc(Br)c(NC(=O)c2cc3c(s2)CCSC3)cc1Cl. The first-order valence-corrected chi connectivity index (χ1v) is 9.65. The number of carbonyl (C=O) groups excluding carboxylic acids is 1. The maximum atomic E-state index is 12.4. The first-order valence-electron chi connectivity index (χ1n) is 6.51. The number of anilines is 1. The molecule has 6 heteroatoms. The lowest BCUT2D eigenvalue weighted by atomic mass is 10.2. The van der Waals surface area contributed by atoms with Gasteiger partial charge in [0.1, 0.15) is 0 Å². The van der Waals surface area contributed by atoms with Crippen LogP contribution in [0.15, 0.2) is 22.7 Å². The molecule has 0 radical (unpaired) electrons. The Kier molecular flexibility index (Phi) is 4.64. The Morgan fingerprint density at radius 1 is 1.38 bits per heavy atom. The van der Waals surface area contributed by atoms with Crippen molar-refractivity contribution in [1.29, 1.82) is 0 Å². The van der Waals surface area contributed by atoms with Crippen LogP contribution in [0.4, 0.5) is 5.69 Å². The second-order valence-corrected chi connectivity index (χ2v) is 8.40. The molecule has 2 aromatic rings. The van der Waals surface area contributed by atoms with Crippen LogP contribution >= 0.6 is 50.6 Å². The monoisotopic (exact) mass is 401 g/mol. The van der Waals surface area contributed by atoms with E-state index in [0.717, 1.165) is 32.8 Å². The van der Waals surface area contributed by atoms with Gasteiger partial charge in [-0.15, -0.1) is 11.3 Å². The fourth-order valence-corrected chi connectivity index (χ4v) is 5.17. The molecule has 1 aromatic carbocycles. The van der Waals surface area contributed by atoms with E-state index in [1.807, 2.05) is 30.8 Å². The van der Waals surface area contributed by atoms with Gasteiger partial charge in [0.05, 0.1) is 10.6 Å². The van der Waals surface area contributed by atoms with Gasteiger partial charge in [-0.3, -0.25) is 4.79 Å².